The molecule has 1 aliphatic heterocycles. The maximum absolute atomic E-state index is 14.0. The van der Waals surface area contributed by atoms with Gasteiger partial charge >= 0.3 is 0 Å². The maximum atomic E-state index is 14.0. The molecular weight excluding hydrogens is 393 g/mol. The highest BCUT2D eigenvalue weighted by Gasteiger charge is 2.21. The van der Waals surface area contributed by atoms with Crippen molar-refractivity contribution in [2.75, 3.05) is 38.1 Å². The Morgan fingerprint density at radius 1 is 1.03 bits per heavy atom. The third-order valence-electron chi connectivity index (χ3n) is 5.59. The summed E-state index contributed by atoms with van der Waals surface area (Å²) in [7, 11) is 2.09. The Kier molecular flexibility index (Phi) is 6.23. The molecule has 0 spiro atoms. The molecule has 0 bridgehead atoms. The van der Waals surface area contributed by atoms with Gasteiger partial charge in [0.25, 0.3) is 5.91 Å². The van der Waals surface area contributed by atoms with Gasteiger partial charge in [-0.25, -0.2) is 14.4 Å². The number of carbonyl (C=O) groups excluding carboxylic acids is 1. The highest BCUT2D eigenvalue weighted by atomic mass is 19.1. The smallest absolute Gasteiger partial charge is 0.254 e. The molecule has 7 heteroatoms. The van der Waals surface area contributed by atoms with Crippen molar-refractivity contribution in [2.24, 2.45) is 0 Å². The fourth-order valence-electron chi connectivity index (χ4n) is 3.75. The average Bonchev–Trinajstić information content (AvgIpc) is 2.80. The van der Waals surface area contributed by atoms with Crippen LogP contribution in [0.4, 0.5) is 10.1 Å². The van der Waals surface area contributed by atoms with Crippen LogP contribution in [0.2, 0.25) is 0 Å². The van der Waals surface area contributed by atoms with Crippen LogP contribution in [-0.4, -0.2) is 54.0 Å². The van der Waals surface area contributed by atoms with Crippen LogP contribution in [0.1, 0.15) is 28.9 Å². The molecule has 160 valence electrons. The van der Waals surface area contributed by atoms with Crippen molar-refractivity contribution < 1.29 is 9.18 Å². The lowest BCUT2D eigenvalue weighted by Crippen LogP contribution is -2.45. The van der Waals surface area contributed by atoms with Gasteiger partial charge in [-0.05, 0) is 32.2 Å². The number of benzene rings is 2. The number of carbonyl (C=O) groups is 1. The van der Waals surface area contributed by atoms with Crippen LogP contribution in [0, 0.1) is 5.82 Å². The summed E-state index contributed by atoms with van der Waals surface area (Å²) in [6.45, 7) is 5.49. The van der Waals surface area contributed by atoms with E-state index in [1.165, 1.54) is 24.5 Å². The number of anilines is 1. The number of piperazine rings is 1. The number of amides is 1. The molecule has 6 nitrogen and oxygen atoms in total. The van der Waals surface area contributed by atoms with Crippen LogP contribution < -0.4 is 10.2 Å². The zero-order chi connectivity index (χ0) is 21.8. The van der Waals surface area contributed by atoms with Gasteiger partial charge in [-0.1, -0.05) is 30.3 Å². The summed E-state index contributed by atoms with van der Waals surface area (Å²) in [5.74, 6) is -0.0436. The molecule has 0 saturated carbocycles. The number of aromatic nitrogens is 2. The zero-order valence-electron chi connectivity index (χ0n) is 17.8. The minimum atomic E-state index is -0.369. The van der Waals surface area contributed by atoms with E-state index in [4.69, 9.17) is 0 Å². The second-order valence-corrected chi connectivity index (χ2v) is 7.85. The first-order chi connectivity index (χ1) is 15.0. The van der Waals surface area contributed by atoms with Gasteiger partial charge in [0.15, 0.2) is 5.82 Å². The van der Waals surface area contributed by atoms with E-state index in [1.54, 1.807) is 6.07 Å². The molecule has 3 aromatic rings. The summed E-state index contributed by atoms with van der Waals surface area (Å²) < 4.78 is 14.0. The molecule has 4 rings (SSSR count). The molecule has 31 heavy (non-hydrogen) atoms. The summed E-state index contributed by atoms with van der Waals surface area (Å²) in [5, 5.41) is 2.96. The van der Waals surface area contributed by atoms with E-state index in [-0.39, 0.29) is 17.8 Å². The standard InChI is InChI=1S/C24H26FN5O/c1-17(21-14-20(25)8-9-22(21)30-12-10-29(2)11-13-30)28-24(31)19-15-26-23(27-16-19)18-6-4-3-5-7-18/h3-9,14-17H,10-13H2,1-2H3,(H,28,31). The number of nitrogens with one attached hydrogen (secondary N) is 1. The van der Waals surface area contributed by atoms with Gasteiger partial charge < -0.3 is 15.1 Å². The van der Waals surface area contributed by atoms with Crippen LogP contribution in [0.5, 0.6) is 0 Å². The third-order valence-corrected chi connectivity index (χ3v) is 5.59. The molecule has 1 unspecified atom stereocenters. The van der Waals surface area contributed by atoms with E-state index >= 15 is 0 Å². The fourth-order valence-corrected chi connectivity index (χ4v) is 3.75. The summed E-state index contributed by atoms with van der Waals surface area (Å²) in [4.78, 5) is 25.9. The first-order valence-electron chi connectivity index (χ1n) is 10.4. The average molecular weight is 420 g/mol. The van der Waals surface area contributed by atoms with Gasteiger partial charge in [0.05, 0.1) is 11.6 Å². The molecule has 1 atom stereocenters. The second kappa shape index (κ2) is 9.22. The molecule has 0 radical (unpaired) electrons. The molecule has 2 aromatic carbocycles. The molecule has 1 fully saturated rings. The minimum absolute atomic E-state index is 0.291. The number of nitrogens with zero attached hydrogens (tertiary/aromatic N) is 4. The van der Waals surface area contributed by atoms with Gasteiger partial charge in [-0.2, -0.15) is 0 Å². The lowest BCUT2D eigenvalue weighted by atomic mass is 10.0. The van der Waals surface area contributed by atoms with Crippen molar-refractivity contribution in [1.82, 2.24) is 20.2 Å². The highest BCUT2D eigenvalue weighted by molar-refractivity contribution is 5.94. The molecule has 1 N–H and O–H groups in total. The van der Waals surface area contributed by atoms with E-state index in [2.05, 4.69) is 32.1 Å². The molecular formula is C24H26FN5O. The Balaban J connectivity index is 1.49. The highest BCUT2D eigenvalue weighted by Crippen LogP contribution is 2.28. The second-order valence-electron chi connectivity index (χ2n) is 7.85. The SMILES string of the molecule is CC(NC(=O)c1cnc(-c2ccccc2)nc1)c1cc(F)ccc1N1CCN(C)CC1. The first kappa shape index (κ1) is 20.9. The van der Waals surface area contributed by atoms with Crippen LogP contribution in [0.15, 0.2) is 60.9 Å². The quantitative estimate of drug-likeness (QED) is 0.686. The van der Waals surface area contributed by atoms with Gasteiger partial charge in [0, 0.05) is 55.4 Å². The van der Waals surface area contributed by atoms with Gasteiger partial charge in [-0.15, -0.1) is 0 Å². The summed E-state index contributed by atoms with van der Waals surface area (Å²) in [6.07, 6.45) is 3.04. The molecule has 1 aromatic heterocycles. The number of likely N-dealkylation sites (N-methyl/N-ethyl adjacent to an activating group) is 1. The van der Waals surface area contributed by atoms with Crippen LogP contribution in [0.25, 0.3) is 11.4 Å². The summed E-state index contributed by atoms with van der Waals surface area (Å²) in [6, 6.07) is 14.0. The van der Waals surface area contributed by atoms with Crippen LogP contribution in [-0.2, 0) is 0 Å². The van der Waals surface area contributed by atoms with Crippen molar-refractivity contribution in [1.29, 1.82) is 0 Å². The number of rotatable bonds is 5. The molecule has 0 aliphatic carbocycles. The predicted octanol–water partition coefficient (Wildman–Crippen LogP) is 3.53. The van der Waals surface area contributed by atoms with Gasteiger partial charge in [0.1, 0.15) is 5.82 Å². The lowest BCUT2D eigenvalue weighted by Gasteiger charge is -2.36. The Bertz CT molecular complexity index is 1030. The lowest BCUT2D eigenvalue weighted by molar-refractivity contribution is 0.0939. The van der Waals surface area contributed by atoms with Crippen molar-refractivity contribution in [3.05, 3.63) is 77.9 Å². The van der Waals surface area contributed by atoms with E-state index < -0.39 is 0 Å². The van der Waals surface area contributed by atoms with E-state index in [9.17, 15) is 9.18 Å². The maximum Gasteiger partial charge on any atom is 0.254 e. The van der Waals surface area contributed by atoms with Crippen molar-refractivity contribution in [2.45, 2.75) is 13.0 Å². The molecule has 1 aliphatic rings. The van der Waals surface area contributed by atoms with Crippen LogP contribution in [0.3, 0.4) is 0 Å². The Labute approximate surface area is 181 Å². The first-order valence-corrected chi connectivity index (χ1v) is 10.4. The number of halogens is 1. The number of hydrogen-bond acceptors (Lipinski definition) is 5. The fraction of sp³-hybridized carbons (Fsp3) is 0.292. The normalized spacial score (nSPS) is 15.5. The minimum Gasteiger partial charge on any atom is -0.369 e. The monoisotopic (exact) mass is 419 g/mol. The topological polar surface area (TPSA) is 61.4 Å². The third kappa shape index (κ3) is 4.88. The van der Waals surface area contributed by atoms with Gasteiger partial charge in [0.2, 0.25) is 0 Å². The van der Waals surface area contributed by atoms with E-state index in [0.29, 0.717) is 11.4 Å². The Hall–Kier alpha value is -3.32. The number of hydrogen-bond donors (Lipinski definition) is 1. The molecule has 1 saturated heterocycles. The predicted molar refractivity (Wildman–Crippen MR) is 119 cm³/mol. The molecule has 2 heterocycles. The van der Waals surface area contributed by atoms with Gasteiger partial charge in [-0.3, -0.25) is 4.79 Å². The zero-order valence-corrected chi connectivity index (χ0v) is 17.8. The molecule has 1 amide bonds. The van der Waals surface area contributed by atoms with Crippen molar-refractivity contribution >= 4 is 11.6 Å². The Morgan fingerprint density at radius 3 is 2.39 bits per heavy atom. The van der Waals surface area contributed by atoms with Crippen molar-refractivity contribution in [3.63, 3.8) is 0 Å². The van der Waals surface area contributed by atoms with Crippen molar-refractivity contribution in [3.8, 4) is 11.4 Å². The van der Waals surface area contributed by atoms with E-state index in [0.717, 1.165) is 43.0 Å². The van der Waals surface area contributed by atoms with Crippen LogP contribution >= 0.6 is 0 Å². The Morgan fingerprint density at radius 2 is 1.71 bits per heavy atom. The summed E-state index contributed by atoms with van der Waals surface area (Å²) >= 11 is 0. The summed E-state index contributed by atoms with van der Waals surface area (Å²) in [5.41, 5.74) is 2.97. The van der Waals surface area contributed by atoms with E-state index in [1.807, 2.05) is 37.3 Å². The largest absolute Gasteiger partial charge is 0.369 e.